The van der Waals surface area contributed by atoms with Gasteiger partial charge in [0, 0.05) is 6.20 Å². The van der Waals surface area contributed by atoms with Gasteiger partial charge in [-0.3, -0.25) is 4.98 Å². The number of aromatic nitrogens is 1. The van der Waals surface area contributed by atoms with Crippen LogP contribution in [0.5, 0.6) is 0 Å². The fourth-order valence-electron chi connectivity index (χ4n) is 0.725. The number of aromatic carboxylic acids is 1. The zero-order valence-electron chi connectivity index (χ0n) is 7.25. The van der Waals surface area contributed by atoms with Crippen LogP contribution in [0.3, 0.4) is 0 Å². The predicted octanol–water partition coefficient (Wildman–Crippen LogP) is -2.16. The third kappa shape index (κ3) is 3.70. The molecule has 1 aromatic heterocycles. The Kier molecular flexibility index (Phi) is 5.31. The maximum absolute atomic E-state index is 12.0. The van der Waals surface area contributed by atoms with E-state index in [1.54, 1.807) is 0 Å². The molecule has 0 aliphatic heterocycles. The third-order valence-corrected chi connectivity index (χ3v) is 1.38. The number of rotatable bonds is 2. The van der Waals surface area contributed by atoms with Crippen molar-refractivity contribution in [3.05, 3.63) is 24.0 Å². The number of halogens is 3. The van der Waals surface area contributed by atoms with E-state index in [9.17, 15) is 17.7 Å². The Bertz CT molecular complexity index is 327. The van der Waals surface area contributed by atoms with Gasteiger partial charge in [-0.1, -0.05) is 11.5 Å². The quantitative estimate of drug-likeness (QED) is 0.587. The van der Waals surface area contributed by atoms with E-state index in [4.69, 9.17) is 5.11 Å². The summed E-state index contributed by atoms with van der Waals surface area (Å²) in [6.45, 7) is -5.10. The second kappa shape index (κ2) is 5.27. The Labute approximate surface area is 120 Å². The predicted molar refractivity (Wildman–Crippen MR) is 39.9 cm³/mol. The van der Waals surface area contributed by atoms with Gasteiger partial charge in [-0.2, -0.15) is 0 Å². The van der Waals surface area contributed by atoms with E-state index in [1.165, 1.54) is 0 Å². The SMILES string of the molecule is O=C(O)c1ccc([B-](F)(F)F)cn1.[K+]. The normalized spacial score (nSPS) is 10.5. The molecular formula is C6H4BF3KNO2. The van der Waals surface area contributed by atoms with Crippen molar-refractivity contribution in [2.75, 3.05) is 0 Å². The van der Waals surface area contributed by atoms with Crippen LogP contribution in [0.25, 0.3) is 0 Å². The fraction of sp³-hybridized carbons (Fsp3) is 0. The fourth-order valence-corrected chi connectivity index (χ4v) is 0.725. The largest absolute Gasteiger partial charge is 1.00 e. The van der Waals surface area contributed by atoms with Gasteiger partial charge in [0.1, 0.15) is 5.69 Å². The number of hydrogen-bond donors (Lipinski definition) is 1. The summed E-state index contributed by atoms with van der Waals surface area (Å²) in [5.41, 5.74) is -1.30. The van der Waals surface area contributed by atoms with Crippen LogP contribution in [0.4, 0.5) is 12.9 Å². The maximum atomic E-state index is 12.0. The molecule has 0 bridgehead atoms. The Morgan fingerprint density at radius 3 is 2.21 bits per heavy atom. The van der Waals surface area contributed by atoms with Crippen LogP contribution >= 0.6 is 0 Å². The number of carboxylic acids is 1. The minimum Gasteiger partial charge on any atom is -0.477 e. The van der Waals surface area contributed by atoms with Gasteiger partial charge in [-0.15, -0.1) is 0 Å². The summed E-state index contributed by atoms with van der Waals surface area (Å²) in [7, 11) is 0. The standard InChI is InChI=1S/C6H4BF3NO2.K/c8-7(9,10)4-1-2-5(6(12)13)11-3-4;/h1-3H,(H,12,13);/q-1;+1. The summed E-state index contributed by atoms with van der Waals surface area (Å²) in [5, 5.41) is 8.34. The molecule has 1 rings (SSSR count). The second-order valence-electron chi connectivity index (χ2n) is 2.36. The van der Waals surface area contributed by atoms with Crippen LogP contribution < -0.4 is 56.8 Å². The number of carboxylic acid groups (broad SMARTS) is 1. The summed E-state index contributed by atoms with van der Waals surface area (Å²) >= 11 is 0. The molecule has 0 aliphatic rings. The van der Waals surface area contributed by atoms with Gasteiger partial charge in [-0.25, -0.2) is 4.79 Å². The zero-order chi connectivity index (χ0) is 10.1. The van der Waals surface area contributed by atoms with Gasteiger partial charge in [0.05, 0.1) is 0 Å². The van der Waals surface area contributed by atoms with Crippen LogP contribution in [-0.2, 0) is 0 Å². The van der Waals surface area contributed by atoms with Gasteiger partial charge >= 0.3 is 64.3 Å². The summed E-state index contributed by atoms with van der Waals surface area (Å²) in [5.74, 6) is -1.35. The smallest absolute Gasteiger partial charge is 0.477 e. The van der Waals surface area contributed by atoms with Gasteiger partial charge in [0.25, 0.3) is 0 Å². The van der Waals surface area contributed by atoms with Crippen LogP contribution in [0, 0.1) is 0 Å². The molecule has 0 saturated carbocycles. The number of pyridine rings is 1. The van der Waals surface area contributed by atoms with Crippen molar-refractivity contribution in [3.63, 3.8) is 0 Å². The van der Waals surface area contributed by atoms with E-state index in [0.29, 0.717) is 12.3 Å². The minimum atomic E-state index is -5.10. The van der Waals surface area contributed by atoms with Gasteiger partial charge in [-0.05, 0) is 6.07 Å². The maximum Gasteiger partial charge on any atom is 1.00 e. The molecule has 0 aliphatic carbocycles. The molecular weight excluding hydrogens is 225 g/mol. The average molecular weight is 229 g/mol. The van der Waals surface area contributed by atoms with Crippen molar-refractivity contribution in [1.82, 2.24) is 4.98 Å². The molecule has 8 heteroatoms. The van der Waals surface area contributed by atoms with E-state index in [-0.39, 0.29) is 51.4 Å². The monoisotopic (exact) mass is 229 g/mol. The second-order valence-corrected chi connectivity index (χ2v) is 2.36. The average Bonchev–Trinajstić information content (AvgIpc) is 2.03. The first kappa shape index (κ1) is 14.1. The van der Waals surface area contributed by atoms with Crippen LogP contribution in [-0.4, -0.2) is 23.0 Å². The Morgan fingerprint density at radius 2 is 1.93 bits per heavy atom. The molecule has 0 atom stereocenters. The molecule has 0 fully saturated rings. The molecule has 1 heterocycles. The van der Waals surface area contributed by atoms with E-state index in [0.717, 1.165) is 6.07 Å². The van der Waals surface area contributed by atoms with Crippen LogP contribution in [0.2, 0.25) is 0 Å². The van der Waals surface area contributed by atoms with Crippen molar-refractivity contribution >= 4 is 18.4 Å². The first-order chi connectivity index (χ1) is 5.91. The van der Waals surface area contributed by atoms with Crippen molar-refractivity contribution in [2.45, 2.75) is 0 Å². The topological polar surface area (TPSA) is 50.2 Å². The van der Waals surface area contributed by atoms with Crippen molar-refractivity contribution in [3.8, 4) is 0 Å². The van der Waals surface area contributed by atoms with Crippen molar-refractivity contribution < 1.29 is 74.2 Å². The Hall–Kier alpha value is 0.111. The molecule has 0 aromatic carbocycles. The van der Waals surface area contributed by atoms with Crippen LogP contribution in [0.15, 0.2) is 18.3 Å². The van der Waals surface area contributed by atoms with Crippen molar-refractivity contribution in [1.29, 1.82) is 0 Å². The Morgan fingerprint density at radius 1 is 1.36 bits per heavy atom. The van der Waals surface area contributed by atoms with Gasteiger partial charge in [0.15, 0.2) is 0 Å². The first-order valence-electron chi connectivity index (χ1n) is 3.30. The molecule has 70 valence electrons. The molecule has 14 heavy (non-hydrogen) atoms. The molecule has 3 nitrogen and oxygen atoms in total. The number of carbonyl (C=O) groups is 1. The van der Waals surface area contributed by atoms with Crippen molar-refractivity contribution in [2.24, 2.45) is 0 Å². The van der Waals surface area contributed by atoms with Crippen LogP contribution in [0.1, 0.15) is 10.5 Å². The minimum absolute atomic E-state index is 0. The van der Waals surface area contributed by atoms with E-state index < -0.39 is 24.1 Å². The summed E-state index contributed by atoms with van der Waals surface area (Å²) < 4.78 is 36.0. The third-order valence-electron chi connectivity index (χ3n) is 1.38. The first-order valence-corrected chi connectivity index (χ1v) is 3.30. The summed E-state index contributed by atoms with van der Waals surface area (Å²) in [6, 6.07) is 1.53. The van der Waals surface area contributed by atoms with E-state index in [2.05, 4.69) is 4.98 Å². The summed E-state index contributed by atoms with van der Waals surface area (Å²) in [4.78, 5) is 13.4. The van der Waals surface area contributed by atoms with E-state index in [1.807, 2.05) is 0 Å². The number of hydrogen-bond acceptors (Lipinski definition) is 2. The Balaban J connectivity index is 0.00000169. The molecule has 0 unspecified atom stereocenters. The van der Waals surface area contributed by atoms with Gasteiger partial charge < -0.3 is 18.1 Å². The van der Waals surface area contributed by atoms with Gasteiger partial charge in [0.2, 0.25) is 0 Å². The molecule has 0 radical (unpaired) electrons. The zero-order valence-corrected chi connectivity index (χ0v) is 10.4. The molecule has 0 spiro atoms. The number of nitrogens with zero attached hydrogens (tertiary/aromatic N) is 1. The molecule has 0 amide bonds. The van der Waals surface area contributed by atoms with E-state index >= 15 is 0 Å². The summed E-state index contributed by atoms with van der Waals surface area (Å²) in [6.07, 6.45) is 0.517. The molecule has 0 saturated heterocycles. The molecule has 1 aromatic rings. The molecule has 1 N–H and O–H groups in total.